The summed E-state index contributed by atoms with van der Waals surface area (Å²) in [5, 5.41) is 0. The Morgan fingerprint density at radius 3 is 2.67 bits per heavy atom. The first-order chi connectivity index (χ1) is 5.72. The van der Waals surface area contributed by atoms with Gasteiger partial charge in [0.15, 0.2) is 0 Å². The van der Waals surface area contributed by atoms with Crippen molar-refractivity contribution in [3.63, 3.8) is 0 Å². The molecule has 2 N–H and O–H groups in total. The molecule has 2 rings (SSSR count). The largest absolute Gasteiger partial charge is 0.464 e. The monoisotopic (exact) mass is 161 g/mol. The van der Waals surface area contributed by atoms with E-state index in [0.29, 0.717) is 0 Å². The highest BCUT2D eigenvalue weighted by atomic mass is 16.3. The third kappa shape index (κ3) is 0.749. The van der Waals surface area contributed by atoms with E-state index in [9.17, 15) is 0 Å². The molecule has 2 heteroatoms. The van der Waals surface area contributed by atoms with Gasteiger partial charge in [-0.1, -0.05) is 0 Å². The van der Waals surface area contributed by atoms with Crippen molar-refractivity contribution in [3.05, 3.63) is 29.5 Å². The maximum Gasteiger partial charge on any atom is 0.139 e. The smallest absolute Gasteiger partial charge is 0.139 e. The van der Waals surface area contributed by atoms with Crippen LogP contribution in [0.4, 0.5) is 5.69 Å². The van der Waals surface area contributed by atoms with Crippen LogP contribution < -0.4 is 5.73 Å². The summed E-state index contributed by atoms with van der Waals surface area (Å²) in [4.78, 5) is 0. The molecule has 0 radical (unpaired) electrons. The van der Waals surface area contributed by atoms with Gasteiger partial charge in [0.05, 0.1) is 6.26 Å². The molecular weight excluding hydrogens is 150 g/mol. The molecule has 1 heterocycles. The Bertz CT molecular complexity index is 353. The van der Waals surface area contributed by atoms with E-state index in [4.69, 9.17) is 10.2 Å². The Balaban J connectivity index is 2.87. The zero-order chi connectivity index (χ0) is 8.72. The fourth-order valence-corrected chi connectivity index (χ4v) is 1.46. The van der Waals surface area contributed by atoms with Gasteiger partial charge in [-0.15, -0.1) is 0 Å². The average molecular weight is 161 g/mol. The number of anilines is 1. The minimum absolute atomic E-state index is 0.840. The van der Waals surface area contributed by atoms with E-state index >= 15 is 0 Å². The Morgan fingerprint density at radius 1 is 1.25 bits per heavy atom. The second kappa shape index (κ2) is 2.27. The fraction of sp³-hybridized carbons (Fsp3) is 0.200. The van der Waals surface area contributed by atoms with Crippen molar-refractivity contribution < 1.29 is 4.42 Å². The number of hydrogen-bond acceptors (Lipinski definition) is 2. The van der Waals surface area contributed by atoms with Crippen LogP contribution >= 0.6 is 0 Å². The molecule has 2 nitrogen and oxygen atoms in total. The van der Waals surface area contributed by atoms with Gasteiger partial charge >= 0.3 is 0 Å². The maximum atomic E-state index is 5.88. The van der Waals surface area contributed by atoms with Gasteiger partial charge in [-0.05, 0) is 37.1 Å². The van der Waals surface area contributed by atoms with Crippen LogP contribution in [0.1, 0.15) is 11.1 Å². The molecule has 0 atom stereocenters. The minimum atomic E-state index is 0.840. The average Bonchev–Trinajstić information content (AvgIpc) is 2.33. The zero-order valence-electron chi connectivity index (χ0n) is 7.22. The topological polar surface area (TPSA) is 39.2 Å². The minimum Gasteiger partial charge on any atom is -0.464 e. The van der Waals surface area contributed by atoms with Crippen molar-refractivity contribution in [2.24, 2.45) is 0 Å². The van der Waals surface area contributed by atoms with E-state index in [-0.39, 0.29) is 0 Å². The highest BCUT2D eigenvalue weighted by Gasteiger charge is 2.16. The summed E-state index contributed by atoms with van der Waals surface area (Å²) in [6.07, 6.45) is 1.67. The predicted molar refractivity (Wildman–Crippen MR) is 49.2 cm³/mol. The highest BCUT2D eigenvalue weighted by Crippen LogP contribution is 2.37. The van der Waals surface area contributed by atoms with Crippen LogP contribution in [0.15, 0.2) is 22.8 Å². The maximum absolute atomic E-state index is 5.88. The van der Waals surface area contributed by atoms with E-state index in [2.05, 4.69) is 0 Å². The van der Waals surface area contributed by atoms with E-state index in [1.807, 2.05) is 26.0 Å². The first-order valence-corrected chi connectivity index (χ1v) is 3.93. The summed E-state index contributed by atoms with van der Waals surface area (Å²) in [6, 6.07) is 3.84. The second-order valence-electron chi connectivity index (χ2n) is 3.02. The third-order valence-corrected chi connectivity index (χ3v) is 2.37. The molecule has 12 heavy (non-hydrogen) atoms. The van der Waals surface area contributed by atoms with Crippen molar-refractivity contribution in [2.45, 2.75) is 13.8 Å². The van der Waals surface area contributed by atoms with Crippen LogP contribution in [0.3, 0.4) is 0 Å². The molecule has 0 saturated heterocycles. The summed E-state index contributed by atoms with van der Waals surface area (Å²) in [6.45, 7) is 4.04. The van der Waals surface area contributed by atoms with Crippen molar-refractivity contribution in [2.75, 3.05) is 5.73 Å². The number of nitrogens with two attached hydrogens (primary N) is 1. The Labute approximate surface area is 71.3 Å². The lowest BCUT2D eigenvalue weighted by Gasteiger charge is -1.97. The van der Waals surface area contributed by atoms with E-state index < -0.39 is 0 Å². The standard InChI is InChI=1S/C10H11NO/c1-6-7(2)10-8(9(6)11)4-3-5-12-10/h3-5H,11H2,1-2H3. The molecule has 0 aromatic carbocycles. The molecular formula is C10H11NO. The first kappa shape index (κ1) is 7.22. The van der Waals surface area contributed by atoms with Crippen LogP contribution in [0.2, 0.25) is 0 Å². The summed E-state index contributed by atoms with van der Waals surface area (Å²) in [5.41, 5.74) is 10.0. The first-order valence-electron chi connectivity index (χ1n) is 3.93. The molecule has 2 aliphatic rings. The molecule has 0 aromatic heterocycles. The number of hydrogen-bond donors (Lipinski definition) is 1. The zero-order valence-corrected chi connectivity index (χ0v) is 7.22. The summed E-state index contributed by atoms with van der Waals surface area (Å²) >= 11 is 0. The molecule has 0 aromatic rings. The number of rotatable bonds is 0. The SMILES string of the molecule is Cc1c2occcc-2c(N)c1C. The van der Waals surface area contributed by atoms with Crippen LogP contribution in [0.5, 0.6) is 0 Å². The molecule has 62 valence electrons. The van der Waals surface area contributed by atoms with Gasteiger partial charge in [0.2, 0.25) is 0 Å². The van der Waals surface area contributed by atoms with Crippen molar-refractivity contribution >= 4 is 5.69 Å². The molecule has 1 aliphatic carbocycles. The van der Waals surface area contributed by atoms with Gasteiger partial charge in [-0.25, -0.2) is 0 Å². The van der Waals surface area contributed by atoms with Gasteiger partial charge < -0.3 is 10.2 Å². The Kier molecular flexibility index (Phi) is 1.37. The van der Waals surface area contributed by atoms with Crippen LogP contribution in [0.25, 0.3) is 11.3 Å². The molecule has 0 amide bonds. The lowest BCUT2D eigenvalue weighted by Crippen LogP contribution is -1.85. The Hall–Kier alpha value is -1.44. The number of fused-ring (bicyclic) bond motifs is 1. The summed E-state index contributed by atoms with van der Waals surface area (Å²) in [7, 11) is 0. The van der Waals surface area contributed by atoms with Crippen LogP contribution in [-0.4, -0.2) is 0 Å². The predicted octanol–water partition coefficient (Wildman–Crippen LogP) is 2.58. The number of nitrogen functional groups attached to an aromatic ring is 1. The van der Waals surface area contributed by atoms with Crippen LogP contribution in [-0.2, 0) is 0 Å². The van der Waals surface area contributed by atoms with Gasteiger partial charge in [0.25, 0.3) is 0 Å². The highest BCUT2D eigenvalue weighted by molar-refractivity contribution is 5.83. The van der Waals surface area contributed by atoms with E-state index in [1.165, 1.54) is 0 Å². The van der Waals surface area contributed by atoms with E-state index in [1.54, 1.807) is 6.26 Å². The van der Waals surface area contributed by atoms with Gasteiger partial charge in [0, 0.05) is 11.3 Å². The molecule has 0 unspecified atom stereocenters. The fourth-order valence-electron chi connectivity index (χ4n) is 1.46. The van der Waals surface area contributed by atoms with Crippen LogP contribution in [0, 0.1) is 13.8 Å². The third-order valence-electron chi connectivity index (χ3n) is 2.37. The quantitative estimate of drug-likeness (QED) is 0.645. The molecule has 0 bridgehead atoms. The molecule has 0 spiro atoms. The van der Waals surface area contributed by atoms with E-state index in [0.717, 1.165) is 28.1 Å². The van der Waals surface area contributed by atoms with Crippen molar-refractivity contribution in [3.8, 4) is 11.3 Å². The molecule has 0 fully saturated rings. The van der Waals surface area contributed by atoms with Crippen molar-refractivity contribution in [1.29, 1.82) is 0 Å². The second-order valence-corrected chi connectivity index (χ2v) is 3.02. The lowest BCUT2D eigenvalue weighted by molar-refractivity contribution is 0.564. The van der Waals surface area contributed by atoms with Gasteiger partial charge in [-0.2, -0.15) is 0 Å². The summed E-state index contributed by atoms with van der Waals surface area (Å²) < 4.78 is 5.36. The lowest BCUT2D eigenvalue weighted by atomic mass is 10.2. The van der Waals surface area contributed by atoms with Crippen molar-refractivity contribution in [1.82, 2.24) is 0 Å². The van der Waals surface area contributed by atoms with Gasteiger partial charge in [0.1, 0.15) is 5.76 Å². The Morgan fingerprint density at radius 2 is 2.00 bits per heavy atom. The molecule has 0 saturated carbocycles. The normalized spacial score (nSPS) is 10.8. The summed E-state index contributed by atoms with van der Waals surface area (Å²) in [5.74, 6) is 0.910. The molecule has 1 aliphatic heterocycles. The van der Waals surface area contributed by atoms with Gasteiger partial charge in [-0.3, -0.25) is 0 Å².